The van der Waals surface area contributed by atoms with Crippen LogP contribution in [0.15, 0.2) is 12.4 Å². The van der Waals surface area contributed by atoms with E-state index in [9.17, 15) is 0 Å². The SMILES string of the molecule is CCn1cc(CNCC2CCN(C)CC2)cn1. The van der Waals surface area contributed by atoms with Crippen molar-refractivity contribution in [1.82, 2.24) is 20.0 Å². The molecule has 0 unspecified atom stereocenters. The van der Waals surface area contributed by atoms with Crippen LogP contribution >= 0.6 is 0 Å². The standard InChI is InChI=1S/C13H24N4/c1-3-17-11-13(10-15-17)9-14-8-12-4-6-16(2)7-5-12/h10-12,14H,3-9H2,1-2H3. The van der Waals surface area contributed by atoms with Gasteiger partial charge in [0.25, 0.3) is 0 Å². The van der Waals surface area contributed by atoms with Crippen LogP contribution in [0.3, 0.4) is 0 Å². The van der Waals surface area contributed by atoms with Crippen LogP contribution in [0.2, 0.25) is 0 Å². The minimum absolute atomic E-state index is 0.854. The Bertz CT molecular complexity index is 326. The summed E-state index contributed by atoms with van der Waals surface area (Å²) in [5.41, 5.74) is 1.29. The van der Waals surface area contributed by atoms with Gasteiger partial charge in [0.15, 0.2) is 0 Å². The van der Waals surface area contributed by atoms with Crippen molar-refractivity contribution < 1.29 is 0 Å². The molecule has 0 amide bonds. The van der Waals surface area contributed by atoms with E-state index in [0.717, 1.165) is 25.6 Å². The maximum Gasteiger partial charge on any atom is 0.0534 e. The summed E-state index contributed by atoms with van der Waals surface area (Å²) < 4.78 is 1.98. The van der Waals surface area contributed by atoms with E-state index in [0.29, 0.717) is 0 Å². The van der Waals surface area contributed by atoms with Crippen molar-refractivity contribution in [3.8, 4) is 0 Å². The highest BCUT2D eigenvalue weighted by atomic mass is 15.3. The second-order valence-electron chi connectivity index (χ2n) is 5.08. The largest absolute Gasteiger partial charge is 0.312 e. The molecule has 1 fully saturated rings. The van der Waals surface area contributed by atoms with Crippen LogP contribution in [0.5, 0.6) is 0 Å². The van der Waals surface area contributed by atoms with Crippen LogP contribution in [0, 0.1) is 5.92 Å². The summed E-state index contributed by atoms with van der Waals surface area (Å²) in [4.78, 5) is 2.42. The normalized spacial score (nSPS) is 18.7. The number of aromatic nitrogens is 2. The van der Waals surface area contributed by atoms with Crippen LogP contribution < -0.4 is 5.32 Å². The molecule has 17 heavy (non-hydrogen) atoms. The third-order valence-electron chi connectivity index (χ3n) is 3.61. The molecule has 4 heteroatoms. The predicted octanol–water partition coefficient (Wildman–Crippen LogP) is 1.33. The first-order valence-electron chi connectivity index (χ1n) is 6.68. The molecular weight excluding hydrogens is 212 g/mol. The van der Waals surface area contributed by atoms with E-state index in [1.54, 1.807) is 0 Å². The summed E-state index contributed by atoms with van der Waals surface area (Å²) in [7, 11) is 2.21. The fraction of sp³-hybridized carbons (Fsp3) is 0.769. The van der Waals surface area contributed by atoms with E-state index in [1.807, 2.05) is 10.9 Å². The van der Waals surface area contributed by atoms with Crippen molar-refractivity contribution in [2.45, 2.75) is 32.9 Å². The number of hydrogen-bond acceptors (Lipinski definition) is 3. The molecule has 2 rings (SSSR count). The highest BCUT2D eigenvalue weighted by Crippen LogP contribution is 2.14. The molecule has 4 nitrogen and oxygen atoms in total. The number of nitrogens with one attached hydrogen (secondary N) is 1. The van der Waals surface area contributed by atoms with Crippen LogP contribution in [-0.4, -0.2) is 41.4 Å². The lowest BCUT2D eigenvalue weighted by atomic mass is 9.97. The van der Waals surface area contributed by atoms with Gasteiger partial charge in [-0.25, -0.2) is 0 Å². The van der Waals surface area contributed by atoms with Gasteiger partial charge in [-0.05, 0) is 52.4 Å². The zero-order valence-corrected chi connectivity index (χ0v) is 11.0. The lowest BCUT2D eigenvalue weighted by Gasteiger charge is -2.28. The Kier molecular flexibility index (Phi) is 4.57. The fourth-order valence-corrected chi connectivity index (χ4v) is 2.36. The zero-order valence-electron chi connectivity index (χ0n) is 11.0. The molecule has 1 saturated heterocycles. The zero-order chi connectivity index (χ0) is 12.1. The van der Waals surface area contributed by atoms with Gasteiger partial charge in [-0.1, -0.05) is 0 Å². The van der Waals surface area contributed by atoms with Crippen molar-refractivity contribution in [3.63, 3.8) is 0 Å². The number of nitrogens with zero attached hydrogens (tertiary/aromatic N) is 3. The highest BCUT2D eigenvalue weighted by molar-refractivity contribution is 5.03. The van der Waals surface area contributed by atoms with Gasteiger partial charge in [0.2, 0.25) is 0 Å². The number of likely N-dealkylation sites (tertiary alicyclic amines) is 1. The first-order valence-corrected chi connectivity index (χ1v) is 6.68. The maximum atomic E-state index is 4.28. The van der Waals surface area contributed by atoms with Crippen molar-refractivity contribution in [1.29, 1.82) is 0 Å². The smallest absolute Gasteiger partial charge is 0.0534 e. The molecule has 0 atom stereocenters. The quantitative estimate of drug-likeness (QED) is 0.837. The van der Waals surface area contributed by atoms with Gasteiger partial charge in [-0.2, -0.15) is 5.10 Å². The Morgan fingerprint density at radius 3 is 2.82 bits per heavy atom. The maximum absolute atomic E-state index is 4.28. The minimum Gasteiger partial charge on any atom is -0.312 e. The highest BCUT2D eigenvalue weighted by Gasteiger charge is 2.15. The van der Waals surface area contributed by atoms with Crippen LogP contribution in [-0.2, 0) is 13.1 Å². The van der Waals surface area contributed by atoms with Gasteiger partial charge >= 0.3 is 0 Å². The average Bonchev–Trinajstić information content (AvgIpc) is 2.80. The molecule has 2 heterocycles. The van der Waals surface area contributed by atoms with E-state index >= 15 is 0 Å². The fourth-order valence-electron chi connectivity index (χ4n) is 2.36. The van der Waals surface area contributed by atoms with E-state index in [1.165, 1.54) is 31.5 Å². The van der Waals surface area contributed by atoms with Gasteiger partial charge in [-0.15, -0.1) is 0 Å². The molecule has 96 valence electrons. The van der Waals surface area contributed by atoms with Crippen molar-refractivity contribution in [3.05, 3.63) is 18.0 Å². The minimum atomic E-state index is 0.854. The van der Waals surface area contributed by atoms with E-state index < -0.39 is 0 Å². The monoisotopic (exact) mass is 236 g/mol. The molecular formula is C13H24N4. The second kappa shape index (κ2) is 6.17. The van der Waals surface area contributed by atoms with Crippen molar-refractivity contribution >= 4 is 0 Å². The number of rotatable bonds is 5. The third-order valence-corrected chi connectivity index (χ3v) is 3.61. The molecule has 1 N–H and O–H groups in total. The summed E-state index contributed by atoms with van der Waals surface area (Å²) in [5, 5.41) is 7.83. The Balaban J connectivity index is 1.65. The molecule has 1 aromatic heterocycles. The first-order chi connectivity index (χ1) is 8.28. The molecule has 0 aliphatic carbocycles. The molecule has 0 aromatic carbocycles. The topological polar surface area (TPSA) is 33.1 Å². The predicted molar refractivity (Wildman–Crippen MR) is 69.8 cm³/mol. The molecule has 0 spiro atoms. The van der Waals surface area contributed by atoms with Crippen molar-refractivity contribution in [2.24, 2.45) is 5.92 Å². The molecule has 1 aliphatic rings. The van der Waals surface area contributed by atoms with Gasteiger partial charge in [0, 0.05) is 24.8 Å². The molecule has 0 saturated carbocycles. The first kappa shape index (κ1) is 12.6. The van der Waals surface area contributed by atoms with Gasteiger partial charge < -0.3 is 10.2 Å². The lowest BCUT2D eigenvalue weighted by molar-refractivity contribution is 0.216. The van der Waals surface area contributed by atoms with Gasteiger partial charge in [0.05, 0.1) is 6.20 Å². The Morgan fingerprint density at radius 2 is 2.18 bits per heavy atom. The molecule has 1 aliphatic heterocycles. The third kappa shape index (κ3) is 3.82. The summed E-state index contributed by atoms with van der Waals surface area (Å²) >= 11 is 0. The Hall–Kier alpha value is -0.870. The number of aryl methyl sites for hydroxylation is 1. The average molecular weight is 236 g/mol. The summed E-state index contributed by atoms with van der Waals surface area (Å²) in [6.07, 6.45) is 6.75. The van der Waals surface area contributed by atoms with Crippen molar-refractivity contribution in [2.75, 3.05) is 26.7 Å². The molecule has 0 radical (unpaired) electrons. The van der Waals surface area contributed by atoms with Gasteiger partial charge in [-0.3, -0.25) is 4.68 Å². The van der Waals surface area contributed by atoms with E-state index in [4.69, 9.17) is 0 Å². The molecule has 0 bridgehead atoms. The molecule has 1 aromatic rings. The van der Waals surface area contributed by atoms with E-state index in [-0.39, 0.29) is 0 Å². The van der Waals surface area contributed by atoms with Crippen LogP contribution in [0.25, 0.3) is 0 Å². The summed E-state index contributed by atoms with van der Waals surface area (Å²) in [5.74, 6) is 0.854. The lowest BCUT2D eigenvalue weighted by Crippen LogP contribution is -2.34. The van der Waals surface area contributed by atoms with E-state index in [2.05, 4.69) is 35.5 Å². The Labute approximate surface area is 104 Å². The number of hydrogen-bond donors (Lipinski definition) is 1. The number of piperidine rings is 1. The summed E-state index contributed by atoms with van der Waals surface area (Å²) in [6, 6.07) is 0. The van der Waals surface area contributed by atoms with Crippen LogP contribution in [0.4, 0.5) is 0 Å². The summed E-state index contributed by atoms with van der Waals surface area (Å²) in [6.45, 7) is 7.66. The van der Waals surface area contributed by atoms with Gasteiger partial charge in [0.1, 0.15) is 0 Å². The second-order valence-corrected chi connectivity index (χ2v) is 5.08. The Morgan fingerprint density at radius 1 is 1.41 bits per heavy atom. The van der Waals surface area contributed by atoms with Crippen LogP contribution in [0.1, 0.15) is 25.3 Å².